The van der Waals surface area contributed by atoms with Crippen LogP contribution in [0.1, 0.15) is 40.3 Å². The maximum Gasteiger partial charge on any atom is 0.312 e. The molecule has 20 heavy (non-hydrogen) atoms. The molecule has 0 aliphatic carbocycles. The molecule has 5 heteroatoms. The Morgan fingerprint density at radius 1 is 1.30 bits per heavy atom. The topological polar surface area (TPSA) is 71.5 Å². The highest BCUT2D eigenvalue weighted by Gasteiger charge is 2.28. The van der Waals surface area contributed by atoms with Gasteiger partial charge in [0.2, 0.25) is 0 Å². The lowest BCUT2D eigenvalue weighted by Gasteiger charge is -2.21. The van der Waals surface area contributed by atoms with Crippen molar-refractivity contribution in [2.24, 2.45) is 5.41 Å². The van der Waals surface area contributed by atoms with Crippen LogP contribution in [0.15, 0.2) is 18.3 Å². The van der Waals surface area contributed by atoms with Crippen LogP contribution in [0.3, 0.4) is 0 Å². The molecule has 1 aromatic rings. The third-order valence-corrected chi connectivity index (χ3v) is 2.78. The summed E-state index contributed by atoms with van der Waals surface area (Å²) >= 11 is 0. The number of carboxylic acids is 1. The van der Waals surface area contributed by atoms with Crippen LogP contribution in [0.2, 0.25) is 0 Å². The number of nitrogens with one attached hydrogen (secondary N) is 1. The Labute approximate surface area is 120 Å². The first-order valence-electron chi connectivity index (χ1n) is 6.66. The number of nitrogens with zero attached hydrogens (tertiary/aromatic N) is 1. The van der Waals surface area contributed by atoms with Crippen molar-refractivity contribution in [1.82, 2.24) is 10.3 Å². The highest BCUT2D eigenvalue weighted by molar-refractivity contribution is 5.73. The summed E-state index contributed by atoms with van der Waals surface area (Å²) in [6, 6.07) is 3.69. The molecule has 0 saturated heterocycles. The number of ether oxygens (including phenoxy) is 1. The highest BCUT2D eigenvalue weighted by atomic mass is 16.5. The molecule has 0 radical (unpaired) electrons. The molecule has 0 bridgehead atoms. The summed E-state index contributed by atoms with van der Waals surface area (Å²) < 4.78 is 5.47. The summed E-state index contributed by atoms with van der Waals surface area (Å²) in [6.07, 6.45) is 1.62. The maximum atomic E-state index is 11.0. The van der Waals surface area contributed by atoms with Crippen molar-refractivity contribution in [2.75, 3.05) is 6.61 Å². The first-order valence-corrected chi connectivity index (χ1v) is 6.66. The Morgan fingerprint density at radius 3 is 2.40 bits per heavy atom. The summed E-state index contributed by atoms with van der Waals surface area (Å²) in [5.74, 6) is -0.296. The smallest absolute Gasteiger partial charge is 0.312 e. The fourth-order valence-electron chi connectivity index (χ4n) is 1.28. The van der Waals surface area contributed by atoms with Gasteiger partial charge in [0.1, 0.15) is 12.4 Å². The summed E-state index contributed by atoms with van der Waals surface area (Å²) in [7, 11) is 0. The second-order valence-electron chi connectivity index (χ2n) is 6.57. The third kappa shape index (κ3) is 5.57. The molecule has 0 saturated carbocycles. The lowest BCUT2D eigenvalue weighted by molar-refractivity contribution is -0.148. The lowest BCUT2D eigenvalue weighted by atomic mass is 9.95. The van der Waals surface area contributed by atoms with Gasteiger partial charge < -0.3 is 15.2 Å². The first-order chi connectivity index (χ1) is 9.10. The van der Waals surface area contributed by atoms with Gasteiger partial charge in [-0.15, -0.1) is 0 Å². The molecule has 1 heterocycles. The number of pyridine rings is 1. The number of aromatic nitrogens is 1. The quantitative estimate of drug-likeness (QED) is 0.837. The van der Waals surface area contributed by atoms with Gasteiger partial charge in [0.15, 0.2) is 0 Å². The molecule has 0 amide bonds. The molecular weight excluding hydrogens is 256 g/mol. The van der Waals surface area contributed by atoms with Crippen LogP contribution in [-0.4, -0.2) is 28.2 Å². The van der Waals surface area contributed by atoms with E-state index in [0.29, 0.717) is 12.3 Å². The molecule has 5 nitrogen and oxygen atoms in total. The molecule has 1 aromatic heterocycles. The van der Waals surface area contributed by atoms with Crippen molar-refractivity contribution < 1.29 is 14.6 Å². The number of carbonyl (C=O) groups is 1. The molecule has 0 spiro atoms. The van der Waals surface area contributed by atoms with E-state index >= 15 is 0 Å². The van der Waals surface area contributed by atoms with E-state index in [1.165, 1.54) is 0 Å². The van der Waals surface area contributed by atoms with Crippen molar-refractivity contribution >= 4 is 5.97 Å². The van der Waals surface area contributed by atoms with Crippen LogP contribution in [0.25, 0.3) is 0 Å². The van der Waals surface area contributed by atoms with Gasteiger partial charge in [-0.3, -0.25) is 9.78 Å². The summed E-state index contributed by atoms with van der Waals surface area (Å²) in [4.78, 5) is 15.3. The molecule has 112 valence electrons. The third-order valence-electron chi connectivity index (χ3n) is 2.78. The van der Waals surface area contributed by atoms with Gasteiger partial charge in [-0.1, -0.05) is 0 Å². The van der Waals surface area contributed by atoms with Gasteiger partial charge in [0.25, 0.3) is 0 Å². The van der Waals surface area contributed by atoms with Crippen molar-refractivity contribution in [2.45, 2.75) is 46.7 Å². The minimum atomic E-state index is -0.910. The van der Waals surface area contributed by atoms with Crippen LogP contribution in [-0.2, 0) is 11.3 Å². The van der Waals surface area contributed by atoms with Crippen LogP contribution in [0.4, 0.5) is 0 Å². The van der Waals surface area contributed by atoms with E-state index in [9.17, 15) is 4.79 Å². The van der Waals surface area contributed by atoms with Gasteiger partial charge in [0, 0.05) is 12.1 Å². The second kappa shape index (κ2) is 6.22. The number of hydrogen-bond acceptors (Lipinski definition) is 4. The van der Waals surface area contributed by atoms with E-state index in [4.69, 9.17) is 9.84 Å². The Balaban J connectivity index is 2.53. The molecule has 0 fully saturated rings. The first kappa shape index (κ1) is 16.4. The largest absolute Gasteiger partial charge is 0.491 e. The van der Waals surface area contributed by atoms with Crippen LogP contribution in [0.5, 0.6) is 5.75 Å². The van der Waals surface area contributed by atoms with E-state index in [-0.39, 0.29) is 12.1 Å². The average molecular weight is 280 g/mol. The predicted molar refractivity (Wildman–Crippen MR) is 77.7 cm³/mol. The van der Waals surface area contributed by atoms with E-state index < -0.39 is 11.4 Å². The normalized spacial score (nSPS) is 12.2. The zero-order valence-electron chi connectivity index (χ0n) is 12.9. The predicted octanol–water partition coefficient (Wildman–Crippen LogP) is 2.46. The molecule has 0 aliphatic rings. The maximum absolute atomic E-state index is 11.0. The Bertz CT molecular complexity index is 447. The Morgan fingerprint density at radius 2 is 1.95 bits per heavy atom. The molecule has 0 aliphatic heterocycles. The van der Waals surface area contributed by atoms with Gasteiger partial charge in [0.05, 0.1) is 17.3 Å². The molecule has 0 aromatic carbocycles. The average Bonchev–Trinajstić information content (AvgIpc) is 2.34. The SMILES string of the molecule is CC(C)(C)NCc1ccc(OCC(C)(C)C(=O)O)cn1. The Hall–Kier alpha value is -1.62. The van der Waals surface area contributed by atoms with Crippen molar-refractivity contribution in [3.8, 4) is 5.75 Å². The fourth-order valence-corrected chi connectivity index (χ4v) is 1.28. The number of hydrogen-bond donors (Lipinski definition) is 2. The number of aliphatic carboxylic acids is 1. The van der Waals surface area contributed by atoms with E-state index in [1.807, 2.05) is 12.1 Å². The van der Waals surface area contributed by atoms with Gasteiger partial charge in [-0.25, -0.2) is 0 Å². The zero-order chi connectivity index (χ0) is 15.4. The van der Waals surface area contributed by atoms with E-state index in [0.717, 1.165) is 5.69 Å². The van der Waals surface area contributed by atoms with Crippen molar-refractivity contribution in [3.63, 3.8) is 0 Å². The summed E-state index contributed by atoms with van der Waals surface area (Å²) in [5.41, 5.74) is 0.0548. The van der Waals surface area contributed by atoms with Crippen LogP contribution < -0.4 is 10.1 Å². The molecule has 0 unspecified atom stereocenters. The van der Waals surface area contributed by atoms with Gasteiger partial charge in [-0.2, -0.15) is 0 Å². The minimum absolute atomic E-state index is 0.0440. The molecule has 1 rings (SSSR count). The van der Waals surface area contributed by atoms with Gasteiger partial charge in [-0.05, 0) is 46.8 Å². The summed E-state index contributed by atoms with van der Waals surface area (Å²) in [5, 5.41) is 12.4. The summed E-state index contributed by atoms with van der Waals surface area (Å²) in [6.45, 7) is 10.3. The number of rotatable bonds is 6. The second-order valence-corrected chi connectivity index (χ2v) is 6.57. The van der Waals surface area contributed by atoms with Crippen LogP contribution in [0, 0.1) is 5.41 Å². The van der Waals surface area contributed by atoms with Gasteiger partial charge >= 0.3 is 5.97 Å². The molecule has 2 N–H and O–H groups in total. The fraction of sp³-hybridized carbons (Fsp3) is 0.600. The lowest BCUT2D eigenvalue weighted by Crippen LogP contribution is -2.35. The zero-order valence-corrected chi connectivity index (χ0v) is 12.9. The van der Waals surface area contributed by atoms with Crippen molar-refractivity contribution in [3.05, 3.63) is 24.0 Å². The monoisotopic (exact) mass is 280 g/mol. The Kier molecular flexibility index (Phi) is 5.11. The molecular formula is C15H24N2O3. The van der Waals surface area contributed by atoms with E-state index in [2.05, 4.69) is 31.1 Å². The van der Waals surface area contributed by atoms with Crippen molar-refractivity contribution in [1.29, 1.82) is 0 Å². The van der Waals surface area contributed by atoms with Crippen LogP contribution >= 0.6 is 0 Å². The van der Waals surface area contributed by atoms with E-state index in [1.54, 1.807) is 20.0 Å². The highest BCUT2D eigenvalue weighted by Crippen LogP contribution is 2.18. The number of carboxylic acid groups (broad SMARTS) is 1. The molecule has 0 atom stereocenters. The minimum Gasteiger partial charge on any atom is -0.491 e. The standard InChI is InChI=1S/C15H24N2O3/c1-14(2,3)17-8-11-6-7-12(9-16-11)20-10-15(4,5)13(18)19/h6-7,9,17H,8,10H2,1-5H3,(H,18,19).